The number of methoxy groups -OCH3 is 1. The molecule has 0 aliphatic heterocycles. The molecule has 0 spiro atoms. The molecule has 3 heteroatoms. The summed E-state index contributed by atoms with van der Waals surface area (Å²) in [7, 11) is 1.55. The summed E-state index contributed by atoms with van der Waals surface area (Å²) in [5, 5.41) is 8.91. The standard InChI is InChI=1S/C7H9NO2/c1-5-3-6(9)4-8-7(5)10-2/h3-4,9H,1-2H3. The molecule has 1 heterocycles. The fraction of sp³-hybridized carbons (Fsp3) is 0.286. The normalized spacial score (nSPS) is 9.40. The van der Waals surface area contributed by atoms with Crippen LogP contribution in [-0.2, 0) is 0 Å². The zero-order valence-corrected chi connectivity index (χ0v) is 5.96. The summed E-state index contributed by atoms with van der Waals surface area (Å²) < 4.78 is 4.88. The third kappa shape index (κ3) is 1.18. The van der Waals surface area contributed by atoms with Crippen molar-refractivity contribution in [2.75, 3.05) is 7.11 Å². The predicted molar refractivity (Wildman–Crippen MR) is 37.2 cm³/mol. The molecule has 1 aromatic rings. The Morgan fingerprint density at radius 2 is 2.30 bits per heavy atom. The highest BCUT2D eigenvalue weighted by Crippen LogP contribution is 2.17. The van der Waals surface area contributed by atoms with Gasteiger partial charge in [-0.15, -0.1) is 0 Å². The van der Waals surface area contributed by atoms with Gasteiger partial charge in [0.1, 0.15) is 5.75 Å². The van der Waals surface area contributed by atoms with Crippen molar-refractivity contribution in [1.29, 1.82) is 0 Å². The van der Waals surface area contributed by atoms with Gasteiger partial charge in [-0.05, 0) is 13.0 Å². The molecule has 0 fully saturated rings. The summed E-state index contributed by atoms with van der Waals surface area (Å²) in [5.41, 5.74) is 0.836. The number of hydrogen-bond acceptors (Lipinski definition) is 3. The maximum atomic E-state index is 8.91. The SMILES string of the molecule is COc1ncc(O)cc1C. The zero-order valence-electron chi connectivity index (χ0n) is 5.96. The Labute approximate surface area is 59.3 Å². The van der Waals surface area contributed by atoms with Crippen molar-refractivity contribution in [3.05, 3.63) is 17.8 Å². The smallest absolute Gasteiger partial charge is 0.216 e. The van der Waals surface area contributed by atoms with Gasteiger partial charge in [0.2, 0.25) is 5.88 Å². The highest BCUT2D eigenvalue weighted by atomic mass is 16.5. The Morgan fingerprint density at radius 3 is 2.80 bits per heavy atom. The van der Waals surface area contributed by atoms with Crippen molar-refractivity contribution in [2.24, 2.45) is 0 Å². The van der Waals surface area contributed by atoms with Gasteiger partial charge in [0.25, 0.3) is 0 Å². The minimum absolute atomic E-state index is 0.165. The minimum atomic E-state index is 0.165. The van der Waals surface area contributed by atoms with Crippen LogP contribution in [0.5, 0.6) is 11.6 Å². The number of ether oxygens (including phenoxy) is 1. The van der Waals surface area contributed by atoms with E-state index in [0.717, 1.165) is 5.56 Å². The molecule has 0 atom stereocenters. The molecule has 10 heavy (non-hydrogen) atoms. The molecular formula is C7H9NO2. The lowest BCUT2D eigenvalue weighted by molar-refractivity contribution is 0.390. The summed E-state index contributed by atoms with van der Waals surface area (Å²) in [6.45, 7) is 1.82. The molecular weight excluding hydrogens is 130 g/mol. The van der Waals surface area contributed by atoms with E-state index in [2.05, 4.69) is 4.98 Å². The fourth-order valence-electron chi connectivity index (χ4n) is 0.761. The topological polar surface area (TPSA) is 42.4 Å². The number of aromatic hydroxyl groups is 1. The molecule has 1 N–H and O–H groups in total. The van der Waals surface area contributed by atoms with Crippen LogP contribution in [0.4, 0.5) is 0 Å². The molecule has 0 aliphatic carbocycles. The Kier molecular flexibility index (Phi) is 1.76. The van der Waals surface area contributed by atoms with Crippen molar-refractivity contribution < 1.29 is 9.84 Å². The van der Waals surface area contributed by atoms with E-state index in [1.807, 2.05) is 6.92 Å². The maximum absolute atomic E-state index is 8.91. The molecule has 0 amide bonds. The lowest BCUT2D eigenvalue weighted by Crippen LogP contribution is -1.89. The van der Waals surface area contributed by atoms with Gasteiger partial charge < -0.3 is 9.84 Å². The molecule has 0 radical (unpaired) electrons. The van der Waals surface area contributed by atoms with Crippen molar-refractivity contribution >= 4 is 0 Å². The second kappa shape index (κ2) is 2.56. The van der Waals surface area contributed by atoms with E-state index < -0.39 is 0 Å². The van der Waals surface area contributed by atoms with E-state index in [-0.39, 0.29) is 5.75 Å². The first-order valence-corrected chi connectivity index (χ1v) is 2.93. The first kappa shape index (κ1) is 6.86. The van der Waals surface area contributed by atoms with E-state index in [1.54, 1.807) is 13.2 Å². The highest BCUT2D eigenvalue weighted by molar-refractivity contribution is 5.30. The van der Waals surface area contributed by atoms with E-state index in [9.17, 15) is 0 Å². The zero-order chi connectivity index (χ0) is 7.56. The van der Waals surface area contributed by atoms with Gasteiger partial charge in [-0.25, -0.2) is 4.98 Å². The monoisotopic (exact) mass is 139 g/mol. The molecule has 54 valence electrons. The van der Waals surface area contributed by atoms with Crippen LogP contribution in [0.15, 0.2) is 12.3 Å². The van der Waals surface area contributed by atoms with Crippen LogP contribution >= 0.6 is 0 Å². The quantitative estimate of drug-likeness (QED) is 0.633. The van der Waals surface area contributed by atoms with Gasteiger partial charge in [-0.2, -0.15) is 0 Å². The average molecular weight is 139 g/mol. The molecule has 0 saturated heterocycles. The third-order valence-electron chi connectivity index (χ3n) is 1.21. The number of aryl methyl sites for hydroxylation is 1. The Morgan fingerprint density at radius 1 is 1.60 bits per heavy atom. The number of rotatable bonds is 1. The molecule has 1 aromatic heterocycles. The second-order valence-electron chi connectivity index (χ2n) is 2.02. The lowest BCUT2D eigenvalue weighted by atomic mass is 10.3. The summed E-state index contributed by atoms with van der Waals surface area (Å²) in [6, 6.07) is 1.60. The molecule has 0 bridgehead atoms. The van der Waals surface area contributed by atoms with Crippen LogP contribution in [0.3, 0.4) is 0 Å². The van der Waals surface area contributed by atoms with Crippen molar-refractivity contribution in [1.82, 2.24) is 4.98 Å². The van der Waals surface area contributed by atoms with Crippen LogP contribution in [0.25, 0.3) is 0 Å². The molecule has 0 aliphatic rings. The summed E-state index contributed by atoms with van der Waals surface area (Å²) in [6.07, 6.45) is 1.35. The number of pyridine rings is 1. The Bertz CT molecular complexity index is 235. The number of hydrogen-bond donors (Lipinski definition) is 1. The summed E-state index contributed by atoms with van der Waals surface area (Å²) >= 11 is 0. The number of nitrogens with zero attached hydrogens (tertiary/aromatic N) is 1. The van der Waals surface area contributed by atoms with Crippen LogP contribution in [0, 0.1) is 6.92 Å². The van der Waals surface area contributed by atoms with E-state index in [0.29, 0.717) is 5.88 Å². The highest BCUT2D eigenvalue weighted by Gasteiger charge is 1.98. The number of aromatic nitrogens is 1. The van der Waals surface area contributed by atoms with Crippen molar-refractivity contribution in [3.8, 4) is 11.6 Å². The summed E-state index contributed by atoms with van der Waals surface area (Å²) in [5.74, 6) is 0.719. The van der Waals surface area contributed by atoms with Crippen LogP contribution in [-0.4, -0.2) is 17.2 Å². The van der Waals surface area contributed by atoms with Crippen LogP contribution in [0.1, 0.15) is 5.56 Å². The predicted octanol–water partition coefficient (Wildman–Crippen LogP) is 1.10. The minimum Gasteiger partial charge on any atom is -0.506 e. The van der Waals surface area contributed by atoms with Gasteiger partial charge in [0.05, 0.1) is 13.3 Å². The third-order valence-corrected chi connectivity index (χ3v) is 1.21. The Hall–Kier alpha value is -1.25. The van der Waals surface area contributed by atoms with Crippen LogP contribution in [0.2, 0.25) is 0 Å². The lowest BCUT2D eigenvalue weighted by Gasteiger charge is -2.01. The molecule has 0 saturated carbocycles. The van der Waals surface area contributed by atoms with Gasteiger partial charge in [-0.1, -0.05) is 0 Å². The average Bonchev–Trinajstić information content (AvgIpc) is 1.88. The Balaban J connectivity index is 3.07. The first-order chi connectivity index (χ1) is 4.74. The van der Waals surface area contributed by atoms with Crippen molar-refractivity contribution in [2.45, 2.75) is 6.92 Å². The van der Waals surface area contributed by atoms with E-state index in [1.165, 1.54) is 6.20 Å². The fourth-order valence-corrected chi connectivity index (χ4v) is 0.761. The molecule has 1 rings (SSSR count). The largest absolute Gasteiger partial charge is 0.506 e. The van der Waals surface area contributed by atoms with Gasteiger partial charge >= 0.3 is 0 Å². The van der Waals surface area contributed by atoms with E-state index >= 15 is 0 Å². The van der Waals surface area contributed by atoms with E-state index in [4.69, 9.17) is 9.84 Å². The van der Waals surface area contributed by atoms with Crippen LogP contribution < -0.4 is 4.74 Å². The van der Waals surface area contributed by atoms with Gasteiger partial charge in [0, 0.05) is 5.56 Å². The van der Waals surface area contributed by atoms with Gasteiger partial charge in [-0.3, -0.25) is 0 Å². The summed E-state index contributed by atoms with van der Waals surface area (Å²) in [4.78, 5) is 3.82. The maximum Gasteiger partial charge on any atom is 0.216 e. The molecule has 3 nitrogen and oxygen atoms in total. The van der Waals surface area contributed by atoms with Gasteiger partial charge in [0.15, 0.2) is 0 Å². The first-order valence-electron chi connectivity index (χ1n) is 2.93. The van der Waals surface area contributed by atoms with Crippen molar-refractivity contribution in [3.63, 3.8) is 0 Å². The molecule has 0 unspecified atom stereocenters. The molecule has 0 aromatic carbocycles. The second-order valence-corrected chi connectivity index (χ2v) is 2.02.